The zero-order valence-corrected chi connectivity index (χ0v) is 20.8. The monoisotopic (exact) mass is 570 g/mol. The Bertz CT molecular complexity index is 1250. The molecule has 0 N–H and O–H groups in total. The van der Waals surface area contributed by atoms with Crippen molar-refractivity contribution in [3.05, 3.63) is 84.2 Å². The number of hydrogen-bond acceptors (Lipinski definition) is 10. The molecular formula is C24H20F6N6O4. The molecule has 0 amide bonds. The molecule has 0 atom stereocenters. The summed E-state index contributed by atoms with van der Waals surface area (Å²) in [5.41, 5.74) is -0.706. The molecule has 0 radical (unpaired) electrons. The lowest BCUT2D eigenvalue weighted by molar-refractivity contribution is -0.138. The normalized spacial score (nSPS) is 11.2. The average molecular weight is 570 g/mol. The van der Waals surface area contributed by atoms with Crippen LogP contribution in [0.15, 0.2) is 61.7 Å². The van der Waals surface area contributed by atoms with Gasteiger partial charge in [0.25, 0.3) is 0 Å². The van der Waals surface area contributed by atoms with Gasteiger partial charge in [-0.05, 0) is 12.1 Å². The van der Waals surface area contributed by atoms with Gasteiger partial charge in [-0.25, -0.2) is 29.9 Å². The second-order valence-electron chi connectivity index (χ2n) is 7.42. The van der Waals surface area contributed by atoms with Crippen LogP contribution in [0.25, 0.3) is 0 Å². The molecule has 4 rings (SSSR count). The van der Waals surface area contributed by atoms with Gasteiger partial charge >= 0.3 is 12.4 Å². The van der Waals surface area contributed by atoms with Crippen molar-refractivity contribution in [2.24, 2.45) is 0 Å². The third kappa shape index (κ3) is 8.64. The van der Waals surface area contributed by atoms with E-state index in [-0.39, 0.29) is 25.0 Å². The summed E-state index contributed by atoms with van der Waals surface area (Å²) in [7, 11) is 2.91. The maximum absolute atomic E-state index is 12.4. The number of aromatic nitrogens is 6. The van der Waals surface area contributed by atoms with Crippen LogP contribution >= 0.6 is 0 Å². The van der Waals surface area contributed by atoms with Gasteiger partial charge in [-0.15, -0.1) is 0 Å². The van der Waals surface area contributed by atoms with Crippen LogP contribution in [-0.2, 0) is 25.6 Å². The molecule has 4 heterocycles. The predicted octanol–water partition coefficient (Wildman–Crippen LogP) is 4.96. The van der Waals surface area contributed by atoms with Gasteiger partial charge < -0.3 is 18.9 Å². The highest BCUT2D eigenvalue weighted by Gasteiger charge is 2.31. The van der Waals surface area contributed by atoms with E-state index in [9.17, 15) is 26.3 Å². The molecule has 0 aliphatic rings. The second-order valence-corrected chi connectivity index (χ2v) is 7.42. The molecule has 0 aromatic carbocycles. The number of pyridine rings is 2. The van der Waals surface area contributed by atoms with E-state index in [4.69, 9.17) is 18.9 Å². The second kappa shape index (κ2) is 13.3. The maximum Gasteiger partial charge on any atom is 0.417 e. The fourth-order valence-electron chi connectivity index (χ4n) is 2.79. The highest BCUT2D eigenvalue weighted by atomic mass is 19.4. The van der Waals surface area contributed by atoms with E-state index in [1.54, 1.807) is 0 Å². The first-order valence-electron chi connectivity index (χ1n) is 11.0. The van der Waals surface area contributed by atoms with Crippen LogP contribution in [-0.4, -0.2) is 44.1 Å². The molecule has 4 aromatic heterocycles. The van der Waals surface area contributed by atoms with Crippen LogP contribution in [0.5, 0.6) is 23.3 Å². The molecule has 16 heteroatoms. The number of halogens is 6. The van der Waals surface area contributed by atoms with Crippen molar-refractivity contribution < 1.29 is 45.3 Å². The molecule has 40 heavy (non-hydrogen) atoms. The topological polar surface area (TPSA) is 114 Å². The van der Waals surface area contributed by atoms with E-state index in [1.165, 1.54) is 39.3 Å². The highest BCUT2D eigenvalue weighted by molar-refractivity contribution is 5.25. The van der Waals surface area contributed by atoms with E-state index >= 15 is 0 Å². The number of rotatable bonds is 8. The first kappa shape index (κ1) is 29.8. The molecule has 4 aromatic rings. The quantitative estimate of drug-likeness (QED) is 0.270. The Morgan fingerprint density at radius 2 is 0.975 bits per heavy atom. The Morgan fingerprint density at radius 1 is 0.575 bits per heavy atom. The molecular weight excluding hydrogens is 550 g/mol. The Balaban J connectivity index is 0.000000220. The van der Waals surface area contributed by atoms with Gasteiger partial charge in [0.15, 0.2) is 11.5 Å². The van der Waals surface area contributed by atoms with Crippen molar-refractivity contribution in [3.8, 4) is 23.3 Å². The van der Waals surface area contributed by atoms with Crippen LogP contribution in [0.1, 0.15) is 22.5 Å². The lowest BCUT2D eigenvalue weighted by atomic mass is 10.3. The number of ether oxygens (including phenoxy) is 4. The van der Waals surface area contributed by atoms with Crippen LogP contribution in [0.4, 0.5) is 26.3 Å². The third-order valence-electron chi connectivity index (χ3n) is 4.79. The molecule has 0 unspecified atom stereocenters. The zero-order valence-electron chi connectivity index (χ0n) is 20.8. The summed E-state index contributed by atoms with van der Waals surface area (Å²) < 4.78 is 94.7. The molecule has 0 bridgehead atoms. The number of nitrogens with zero attached hydrogens (tertiary/aromatic N) is 6. The van der Waals surface area contributed by atoms with Gasteiger partial charge in [0.1, 0.15) is 37.3 Å². The first-order valence-corrected chi connectivity index (χ1v) is 11.0. The molecule has 0 spiro atoms. The summed E-state index contributed by atoms with van der Waals surface area (Å²) in [6, 6.07) is 4.10. The van der Waals surface area contributed by atoms with Gasteiger partial charge in [-0.2, -0.15) is 26.3 Å². The molecule has 0 aliphatic carbocycles. The summed E-state index contributed by atoms with van der Waals surface area (Å²) >= 11 is 0. The van der Waals surface area contributed by atoms with Crippen LogP contribution < -0.4 is 18.9 Å². The molecule has 10 nitrogen and oxygen atoms in total. The van der Waals surface area contributed by atoms with Gasteiger partial charge in [-0.3, -0.25) is 0 Å². The summed E-state index contributed by atoms with van der Waals surface area (Å²) in [5, 5.41) is 0. The smallest absolute Gasteiger partial charge is 0.417 e. The van der Waals surface area contributed by atoms with Gasteiger partial charge in [0.05, 0.1) is 37.7 Å². The number of alkyl halides is 6. The average Bonchev–Trinajstić information content (AvgIpc) is 2.95. The first-order chi connectivity index (χ1) is 19.0. The summed E-state index contributed by atoms with van der Waals surface area (Å²) in [6.07, 6.45) is -1.83. The minimum atomic E-state index is -4.42. The van der Waals surface area contributed by atoms with E-state index in [0.29, 0.717) is 35.3 Å². The fraction of sp³-hybridized carbons (Fsp3) is 0.250. The molecule has 212 valence electrons. The standard InChI is InChI=1S/2C12H10F3N3O2/c2*1-19-10-5-16-7-18-9(10)6-20-11-3-2-8(4-17-11)12(13,14)15/h2*2-5,7H,6H2,1H3. The van der Waals surface area contributed by atoms with Crippen molar-refractivity contribution in [2.75, 3.05) is 14.2 Å². The minimum Gasteiger partial charge on any atom is -0.493 e. The Kier molecular flexibility index (Phi) is 9.94. The largest absolute Gasteiger partial charge is 0.493 e. The summed E-state index contributed by atoms with van der Waals surface area (Å²) in [5.74, 6) is 0.996. The van der Waals surface area contributed by atoms with Crippen LogP contribution in [0.2, 0.25) is 0 Å². The summed E-state index contributed by atoms with van der Waals surface area (Å²) in [4.78, 5) is 22.6. The van der Waals surface area contributed by atoms with E-state index in [2.05, 4.69) is 29.9 Å². The molecule has 0 saturated heterocycles. The third-order valence-corrected chi connectivity index (χ3v) is 4.79. The maximum atomic E-state index is 12.4. The Morgan fingerprint density at radius 3 is 1.27 bits per heavy atom. The van der Waals surface area contributed by atoms with Gasteiger partial charge in [0, 0.05) is 24.5 Å². The van der Waals surface area contributed by atoms with Crippen LogP contribution in [0.3, 0.4) is 0 Å². The SMILES string of the molecule is COc1cncnc1COc1ccc(C(F)(F)F)cn1.COc1cncnc1COc1ccc(C(F)(F)F)cn1. The van der Waals surface area contributed by atoms with Crippen molar-refractivity contribution in [3.63, 3.8) is 0 Å². The fourth-order valence-corrected chi connectivity index (χ4v) is 2.79. The minimum absolute atomic E-state index is 0.0179. The number of methoxy groups -OCH3 is 2. The van der Waals surface area contributed by atoms with E-state index < -0.39 is 23.5 Å². The van der Waals surface area contributed by atoms with Crippen molar-refractivity contribution >= 4 is 0 Å². The molecule has 0 saturated carbocycles. The molecule has 0 aliphatic heterocycles. The zero-order chi connectivity index (χ0) is 29.2. The lowest BCUT2D eigenvalue weighted by Gasteiger charge is -2.09. The highest BCUT2D eigenvalue weighted by Crippen LogP contribution is 2.30. The van der Waals surface area contributed by atoms with Crippen LogP contribution in [0, 0.1) is 0 Å². The van der Waals surface area contributed by atoms with Crippen molar-refractivity contribution in [2.45, 2.75) is 25.6 Å². The van der Waals surface area contributed by atoms with Gasteiger partial charge in [-0.1, -0.05) is 0 Å². The Labute approximate surface area is 223 Å². The lowest BCUT2D eigenvalue weighted by Crippen LogP contribution is -2.06. The molecule has 0 fully saturated rings. The summed E-state index contributed by atoms with van der Waals surface area (Å²) in [6.45, 7) is 0.0358. The van der Waals surface area contributed by atoms with Crippen molar-refractivity contribution in [1.29, 1.82) is 0 Å². The number of hydrogen-bond donors (Lipinski definition) is 0. The Hall–Kier alpha value is -4.76. The van der Waals surface area contributed by atoms with E-state index in [1.807, 2.05) is 0 Å². The van der Waals surface area contributed by atoms with Crippen molar-refractivity contribution in [1.82, 2.24) is 29.9 Å². The van der Waals surface area contributed by atoms with E-state index in [0.717, 1.165) is 24.3 Å². The van der Waals surface area contributed by atoms with Gasteiger partial charge in [0.2, 0.25) is 11.8 Å². The predicted molar refractivity (Wildman–Crippen MR) is 124 cm³/mol.